The molecule has 32 heavy (non-hydrogen) atoms. The second-order valence-electron chi connectivity index (χ2n) is 7.93. The van der Waals surface area contributed by atoms with Gasteiger partial charge in [-0.1, -0.05) is 12.1 Å². The molecule has 0 unspecified atom stereocenters. The van der Waals surface area contributed by atoms with Crippen molar-refractivity contribution in [1.29, 1.82) is 0 Å². The summed E-state index contributed by atoms with van der Waals surface area (Å²) < 4.78 is 32.9. The maximum Gasteiger partial charge on any atom is 0.245 e. The van der Waals surface area contributed by atoms with Crippen LogP contribution in [0.15, 0.2) is 53.4 Å². The minimum Gasteiger partial charge on any atom is -0.494 e. The van der Waals surface area contributed by atoms with Gasteiger partial charge in [0.15, 0.2) is 0 Å². The Bertz CT molecular complexity index is 1090. The van der Waals surface area contributed by atoms with E-state index in [4.69, 9.17) is 4.74 Å². The van der Waals surface area contributed by atoms with Crippen LogP contribution in [0.3, 0.4) is 0 Å². The number of amides is 2. The molecule has 2 amide bonds. The third kappa shape index (κ3) is 4.49. The fraction of sp³-hybridized carbons (Fsp3) is 0.391. The van der Waals surface area contributed by atoms with E-state index in [0.29, 0.717) is 31.1 Å². The van der Waals surface area contributed by atoms with E-state index in [9.17, 15) is 18.0 Å². The molecule has 2 aliphatic rings. The molecule has 2 aromatic carbocycles. The van der Waals surface area contributed by atoms with Gasteiger partial charge in [-0.05, 0) is 56.2 Å². The maximum atomic E-state index is 13.0. The molecule has 0 spiro atoms. The molecule has 8 nitrogen and oxygen atoms in total. The quantitative estimate of drug-likeness (QED) is 0.690. The number of rotatable bonds is 7. The van der Waals surface area contributed by atoms with Crippen molar-refractivity contribution in [2.24, 2.45) is 5.92 Å². The Balaban J connectivity index is 1.48. The predicted octanol–water partition coefficient (Wildman–Crippen LogP) is 2.86. The summed E-state index contributed by atoms with van der Waals surface area (Å²) in [7, 11) is -3.68. The largest absolute Gasteiger partial charge is 0.494 e. The summed E-state index contributed by atoms with van der Waals surface area (Å²) in [5.74, 6) is -0.368. The number of ether oxygens (including phenoxy) is 1. The van der Waals surface area contributed by atoms with Gasteiger partial charge in [0.05, 0.1) is 18.2 Å². The van der Waals surface area contributed by atoms with Gasteiger partial charge in [0.25, 0.3) is 0 Å². The van der Waals surface area contributed by atoms with E-state index in [1.807, 2.05) is 6.92 Å². The van der Waals surface area contributed by atoms with E-state index in [0.717, 1.165) is 12.8 Å². The number of carbonyl (C=O) groups excluding carboxylic acids is 2. The van der Waals surface area contributed by atoms with Gasteiger partial charge < -0.3 is 15.0 Å². The number of hydrogen-bond donors (Lipinski definition) is 1. The molecule has 2 heterocycles. The van der Waals surface area contributed by atoms with E-state index in [-0.39, 0.29) is 35.4 Å². The van der Waals surface area contributed by atoms with Crippen molar-refractivity contribution >= 4 is 33.2 Å². The molecule has 2 aliphatic heterocycles. The number of sulfonamides is 1. The van der Waals surface area contributed by atoms with Crippen molar-refractivity contribution in [3.8, 4) is 5.75 Å². The van der Waals surface area contributed by atoms with Crippen molar-refractivity contribution in [3.63, 3.8) is 0 Å². The minimum atomic E-state index is -3.68. The number of hydrogen-bond acceptors (Lipinski definition) is 5. The number of carbonyl (C=O) groups is 2. The molecule has 4 rings (SSSR count). The summed E-state index contributed by atoms with van der Waals surface area (Å²) in [6.45, 7) is 3.66. The number of benzene rings is 2. The Hall–Kier alpha value is -2.91. The van der Waals surface area contributed by atoms with Crippen molar-refractivity contribution < 1.29 is 22.7 Å². The average Bonchev–Trinajstić information content (AvgIpc) is 3.46. The zero-order valence-corrected chi connectivity index (χ0v) is 18.8. The van der Waals surface area contributed by atoms with Crippen LogP contribution in [0.1, 0.15) is 26.2 Å². The van der Waals surface area contributed by atoms with E-state index in [2.05, 4.69) is 5.32 Å². The zero-order valence-electron chi connectivity index (χ0n) is 18.0. The highest BCUT2D eigenvalue weighted by Gasteiger charge is 2.36. The molecule has 0 saturated carbocycles. The molecule has 0 aromatic heterocycles. The number of anilines is 2. The van der Waals surface area contributed by atoms with Crippen LogP contribution >= 0.6 is 0 Å². The van der Waals surface area contributed by atoms with Gasteiger partial charge >= 0.3 is 0 Å². The standard InChI is InChI=1S/C23H27N3O5S/c1-2-31-19-11-9-18(10-12-19)26-16-17(15-22(26)27)23(28)24-20-7-3-4-8-21(20)32(29,30)25-13-5-6-14-25/h3-4,7-12,17H,2,5-6,13-16H2,1H3,(H,24,28)/t17-/m0/s1. The SMILES string of the molecule is CCOc1ccc(N2C[C@@H](C(=O)Nc3ccccc3S(=O)(=O)N3CCCC3)CC2=O)cc1. The highest BCUT2D eigenvalue weighted by Crippen LogP contribution is 2.30. The Morgan fingerprint density at radius 2 is 1.78 bits per heavy atom. The molecule has 0 aliphatic carbocycles. The van der Waals surface area contributed by atoms with Crippen LogP contribution < -0.4 is 15.0 Å². The van der Waals surface area contributed by atoms with Gasteiger partial charge in [-0.15, -0.1) is 0 Å². The van der Waals surface area contributed by atoms with Gasteiger partial charge in [0.1, 0.15) is 10.6 Å². The summed E-state index contributed by atoms with van der Waals surface area (Å²) in [5, 5.41) is 2.76. The molecule has 2 saturated heterocycles. The fourth-order valence-corrected chi connectivity index (χ4v) is 5.78. The zero-order chi connectivity index (χ0) is 22.7. The van der Waals surface area contributed by atoms with Gasteiger partial charge in [-0.25, -0.2) is 8.42 Å². The van der Waals surface area contributed by atoms with Gasteiger partial charge in [-0.3, -0.25) is 9.59 Å². The average molecular weight is 458 g/mol. The molecule has 1 N–H and O–H groups in total. The number of nitrogens with one attached hydrogen (secondary N) is 1. The first kappa shape index (κ1) is 22.3. The molecule has 2 aromatic rings. The Labute approximate surface area is 188 Å². The molecule has 0 bridgehead atoms. The molecular formula is C23H27N3O5S. The van der Waals surface area contributed by atoms with E-state index < -0.39 is 15.9 Å². The second-order valence-corrected chi connectivity index (χ2v) is 9.84. The highest BCUT2D eigenvalue weighted by molar-refractivity contribution is 7.89. The first-order valence-electron chi connectivity index (χ1n) is 10.8. The summed E-state index contributed by atoms with van der Waals surface area (Å²) in [4.78, 5) is 27.2. The third-order valence-electron chi connectivity index (χ3n) is 5.78. The lowest BCUT2D eigenvalue weighted by molar-refractivity contribution is -0.122. The monoisotopic (exact) mass is 457 g/mol. The normalized spacial score (nSPS) is 19.3. The summed E-state index contributed by atoms with van der Waals surface area (Å²) in [6.07, 6.45) is 1.73. The number of nitrogens with zero attached hydrogens (tertiary/aromatic N) is 2. The fourth-order valence-electron chi connectivity index (χ4n) is 4.12. The van der Waals surface area contributed by atoms with Crippen molar-refractivity contribution in [3.05, 3.63) is 48.5 Å². The van der Waals surface area contributed by atoms with Crippen molar-refractivity contribution in [1.82, 2.24) is 4.31 Å². The minimum absolute atomic E-state index is 0.0695. The van der Waals surface area contributed by atoms with E-state index in [1.165, 1.54) is 10.4 Å². The third-order valence-corrected chi connectivity index (χ3v) is 7.74. The van der Waals surface area contributed by atoms with Crippen molar-refractivity contribution in [2.45, 2.75) is 31.1 Å². The molecule has 2 fully saturated rings. The molecule has 0 radical (unpaired) electrons. The van der Waals surface area contributed by atoms with Gasteiger partial charge in [0.2, 0.25) is 21.8 Å². The summed E-state index contributed by atoms with van der Waals surface area (Å²) in [6, 6.07) is 13.6. The molecule has 9 heteroatoms. The predicted molar refractivity (Wildman–Crippen MR) is 121 cm³/mol. The van der Waals surface area contributed by atoms with Crippen LogP contribution in [-0.2, 0) is 19.6 Å². The lowest BCUT2D eigenvalue weighted by Crippen LogP contribution is -2.30. The van der Waals surface area contributed by atoms with Crippen LogP contribution in [0.2, 0.25) is 0 Å². The number of para-hydroxylation sites is 1. The molecular weight excluding hydrogens is 430 g/mol. The second kappa shape index (κ2) is 9.30. The van der Waals surface area contributed by atoms with E-state index in [1.54, 1.807) is 47.4 Å². The smallest absolute Gasteiger partial charge is 0.245 e. The summed E-state index contributed by atoms with van der Waals surface area (Å²) in [5.41, 5.74) is 0.946. The van der Waals surface area contributed by atoms with Gasteiger partial charge in [0, 0.05) is 31.7 Å². The maximum absolute atomic E-state index is 13.0. The van der Waals surface area contributed by atoms with Gasteiger partial charge in [-0.2, -0.15) is 4.31 Å². The first-order valence-corrected chi connectivity index (χ1v) is 12.3. The topological polar surface area (TPSA) is 96.0 Å². The molecule has 170 valence electrons. The lowest BCUT2D eigenvalue weighted by atomic mass is 10.1. The van der Waals surface area contributed by atoms with Crippen LogP contribution in [0.5, 0.6) is 5.75 Å². The van der Waals surface area contributed by atoms with Crippen LogP contribution in [0, 0.1) is 5.92 Å². The van der Waals surface area contributed by atoms with Crippen LogP contribution in [0.25, 0.3) is 0 Å². The molecule has 1 atom stereocenters. The first-order chi connectivity index (χ1) is 15.4. The van der Waals surface area contributed by atoms with Crippen LogP contribution in [-0.4, -0.2) is 50.8 Å². The summed E-state index contributed by atoms with van der Waals surface area (Å²) >= 11 is 0. The highest BCUT2D eigenvalue weighted by atomic mass is 32.2. The lowest BCUT2D eigenvalue weighted by Gasteiger charge is -2.19. The Morgan fingerprint density at radius 3 is 2.47 bits per heavy atom. The van der Waals surface area contributed by atoms with Crippen molar-refractivity contribution in [2.75, 3.05) is 36.5 Å². The van der Waals surface area contributed by atoms with E-state index >= 15 is 0 Å². The Morgan fingerprint density at radius 1 is 1.09 bits per heavy atom. The van der Waals surface area contributed by atoms with Crippen LogP contribution in [0.4, 0.5) is 11.4 Å². The Kier molecular flexibility index (Phi) is 6.48.